The monoisotopic (exact) mass is 273 g/mol. The van der Waals surface area contributed by atoms with E-state index in [1.807, 2.05) is 42.6 Å². The van der Waals surface area contributed by atoms with Crippen LogP contribution in [0.15, 0.2) is 42.6 Å². The number of hydrogen-bond donors (Lipinski definition) is 1. The summed E-state index contributed by atoms with van der Waals surface area (Å²) in [7, 11) is 0. The van der Waals surface area contributed by atoms with Crippen LogP contribution in [0.4, 0.5) is 5.69 Å². The van der Waals surface area contributed by atoms with Crippen LogP contribution in [0.25, 0.3) is 11.3 Å². The lowest BCUT2D eigenvalue weighted by Gasteiger charge is -2.29. The zero-order valence-corrected chi connectivity index (χ0v) is 11.4. The van der Waals surface area contributed by atoms with Gasteiger partial charge in [-0.05, 0) is 6.07 Å². The fourth-order valence-electron chi connectivity index (χ4n) is 2.33. The van der Waals surface area contributed by atoms with Crippen LogP contribution < -0.4 is 10.2 Å². The van der Waals surface area contributed by atoms with Crippen LogP contribution in [-0.4, -0.2) is 31.2 Å². The van der Waals surface area contributed by atoms with E-state index in [4.69, 9.17) is 11.6 Å². The van der Waals surface area contributed by atoms with E-state index in [0.29, 0.717) is 5.02 Å². The summed E-state index contributed by atoms with van der Waals surface area (Å²) in [5.74, 6) is 0. The molecule has 1 N–H and O–H groups in total. The number of pyridine rings is 1. The van der Waals surface area contributed by atoms with E-state index in [1.165, 1.54) is 0 Å². The first kappa shape index (κ1) is 12.5. The Hall–Kier alpha value is -1.58. The van der Waals surface area contributed by atoms with E-state index in [1.54, 1.807) is 0 Å². The molecule has 1 fully saturated rings. The Morgan fingerprint density at radius 2 is 1.84 bits per heavy atom. The van der Waals surface area contributed by atoms with Gasteiger partial charge in [0, 0.05) is 31.7 Å². The lowest BCUT2D eigenvalue weighted by Crippen LogP contribution is -2.43. The second-order valence-corrected chi connectivity index (χ2v) is 5.03. The van der Waals surface area contributed by atoms with Gasteiger partial charge >= 0.3 is 0 Å². The Morgan fingerprint density at radius 1 is 1.11 bits per heavy atom. The Kier molecular flexibility index (Phi) is 3.67. The van der Waals surface area contributed by atoms with Crippen molar-refractivity contribution in [2.75, 3.05) is 31.1 Å². The van der Waals surface area contributed by atoms with E-state index in [-0.39, 0.29) is 0 Å². The average molecular weight is 274 g/mol. The van der Waals surface area contributed by atoms with Crippen LogP contribution in [0.1, 0.15) is 0 Å². The smallest absolute Gasteiger partial charge is 0.0889 e. The van der Waals surface area contributed by atoms with Crippen molar-refractivity contribution in [1.29, 1.82) is 0 Å². The minimum atomic E-state index is 0.710. The molecule has 2 heterocycles. The highest BCUT2D eigenvalue weighted by molar-refractivity contribution is 6.33. The predicted octanol–water partition coefficient (Wildman–Crippen LogP) is 2.81. The van der Waals surface area contributed by atoms with Crippen LogP contribution in [0, 0.1) is 0 Å². The van der Waals surface area contributed by atoms with Gasteiger partial charge in [-0.2, -0.15) is 0 Å². The molecule has 1 aromatic carbocycles. The SMILES string of the molecule is Clc1cc(N2CCNCC2)cnc1-c1ccccc1. The van der Waals surface area contributed by atoms with Crippen LogP contribution in [-0.2, 0) is 0 Å². The van der Waals surface area contributed by atoms with Crippen LogP contribution in [0.2, 0.25) is 5.02 Å². The van der Waals surface area contributed by atoms with Crippen molar-refractivity contribution in [3.63, 3.8) is 0 Å². The predicted molar refractivity (Wildman–Crippen MR) is 79.8 cm³/mol. The molecule has 1 aromatic heterocycles. The molecule has 0 bridgehead atoms. The van der Waals surface area contributed by atoms with E-state index in [0.717, 1.165) is 43.1 Å². The standard InChI is InChI=1S/C15H16ClN3/c16-14-10-13(19-8-6-17-7-9-19)11-18-15(14)12-4-2-1-3-5-12/h1-5,10-11,17H,6-9H2. The summed E-state index contributed by atoms with van der Waals surface area (Å²) in [6.07, 6.45) is 1.92. The molecular weight excluding hydrogens is 258 g/mol. The second kappa shape index (κ2) is 5.59. The van der Waals surface area contributed by atoms with Crippen LogP contribution in [0.5, 0.6) is 0 Å². The fourth-order valence-corrected chi connectivity index (χ4v) is 2.60. The molecule has 0 amide bonds. The maximum absolute atomic E-state index is 6.38. The molecule has 1 aliphatic heterocycles. The van der Waals surface area contributed by atoms with E-state index >= 15 is 0 Å². The fraction of sp³-hybridized carbons (Fsp3) is 0.267. The number of rotatable bonds is 2. The summed E-state index contributed by atoms with van der Waals surface area (Å²) in [4.78, 5) is 6.84. The Morgan fingerprint density at radius 3 is 2.53 bits per heavy atom. The molecule has 0 unspecified atom stereocenters. The second-order valence-electron chi connectivity index (χ2n) is 4.63. The van der Waals surface area contributed by atoms with Gasteiger partial charge in [-0.1, -0.05) is 41.9 Å². The first-order valence-corrected chi connectivity index (χ1v) is 6.89. The van der Waals surface area contributed by atoms with Gasteiger partial charge in [0.15, 0.2) is 0 Å². The number of nitrogens with zero attached hydrogens (tertiary/aromatic N) is 2. The third kappa shape index (κ3) is 2.72. The van der Waals surface area contributed by atoms with Gasteiger partial charge in [0.1, 0.15) is 0 Å². The summed E-state index contributed by atoms with van der Waals surface area (Å²) < 4.78 is 0. The molecule has 0 saturated carbocycles. The van der Waals surface area contributed by atoms with Gasteiger partial charge in [0.25, 0.3) is 0 Å². The maximum atomic E-state index is 6.38. The number of nitrogens with one attached hydrogen (secondary N) is 1. The molecule has 19 heavy (non-hydrogen) atoms. The number of piperazine rings is 1. The van der Waals surface area contributed by atoms with E-state index < -0.39 is 0 Å². The number of benzene rings is 1. The Labute approximate surface area is 118 Å². The van der Waals surface area contributed by atoms with Crippen LogP contribution in [0.3, 0.4) is 0 Å². The first-order chi connectivity index (χ1) is 9.34. The van der Waals surface area contributed by atoms with E-state index in [2.05, 4.69) is 15.2 Å². The van der Waals surface area contributed by atoms with Crippen LogP contribution >= 0.6 is 11.6 Å². The Bertz CT molecular complexity index is 551. The average Bonchev–Trinajstić information content (AvgIpc) is 2.49. The van der Waals surface area contributed by atoms with Gasteiger partial charge in [0.05, 0.1) is 22.6 Å². The molecule has 98 valence electrons. The van der Waals surface area contributed by atoms with Gasteiger partial charge in [-0.25, -0.2) is 0 Å². The van der Waals surface area contributed by atoms with Crippen molar-refractivity contribution < 1.29 is 0 Å². The normalized spacial score (nSPS) is 15.5. The third-order valence-electron chi connectivity index (χ3n) is 3.36. The van der Waals surface area contributed by atoms with Gasteiger partial charge in [0.2, 0.25) is 0 Å². The molecule has 3 nitrogen and oxygen atoms in total. The highest BCUT2D eigenvalue weighted by atomic mass is 35.5. The quantitative estimate of drug-likeness (QED) is 0.912. The minimum absolute atomic E-state index is 0.710. The largest absolute Gasteiger partial charge is 0.368 e. The topological polar surface area (TPSA) is 28.2 Å². The summed E-state index contributed by atoms with van der Waals surface area (Å²) in [6, 6.07) is 12.1. The lowest BCUT2D eigenvalue weighted by atomic mass is 10.1. The lowest BCUT2D eigenvalue weighted by molar-refractivity contribution is 0.589. The summed E-state index contributed by atoms with van der Waals surface area (Å²) in [5.41, 5.74) is 3.01. The van der Waals surface area contributed by atoms with Gasteiger partial charge < -0.3 is 10.2 Å². The summed E-state index contributed by atoms with van der Waals surface area (Å²) >= 11 is 6.38. The Balaban J connectivity index is 1.89. The molecule has 4 heteroatoms. The molecule has 0 atom stereocenters. The molecule has 0 aliphatic carbocycles. The third-order valence-corrected chi connectivity index (χ3v) is 3.64. The number of aromatic nitrogens is 1. The summed E-state index contributed by atoms with van der Waals surface area (Å²) in [5, 5.41) is 4.05. The zero-order valence-electron chi connectivity index (χ0n) is 10.6. The molecule has 0 radical (unpaired) electrons. The molecular formula is C15H16ClN3. The molecule has 2 aromatic rings. The molecule has 1 aliphatic rings. The first-order valence-electron chi connectivity index (χ1n) is 6.51. The van der Waals surface area contributed by atoms with Crippen molar-refractivity contribution in [1.82, 2.24) is 10.3 Å². The van der Waals surface area contributed by atoms with Crippen molar-refractivity contribution in [2.24, 2.45) is 0 Å². The number of anilines is 1. The molecule has 0 spiro atoms. The molecule has 3 rings (SSSR count). The van der Waals surface area contributed by atoms with Gasteiger partial charge in [-0.15, -0.1) is 0 Å². The van der Waals surface area contributed by atoms with Crippen molar-refractivity contribution in [3.05, 3.63) is 47.6 Å². The summed E-state index contributed by atoms with van der Waals surface area (Å²) in [6.45, 7) is 4.03. The number of hydrogen-bond acceptors (Lipinski definition) is 3. The van der Waals surface area contributed by atoms with Gasteiger partial charge in [-0.3, -0.25) is 4.98 Å². The highest BCUT2D eigenvalue weighted by Gasteiger charge is 2.13. The zero-order chi connectivity index (χ0) is 13.1. The van der Waals surface area contributed by atoms with Crippen molar-refractivity contribution in [2.45, 2.75) is 0 Å². The van der Waals surface area contributed by atoms with E-state index in [9.17, 15) is 0 Å². The maximum Gasteiger partial charge on any atom is 0.0889 e. The van der Waals surface area contributed by atoms with Crippen molar-refractivity contribution >= 4 is 17.3 Å². The minimum Gasteiger partial charge on any atom is -0.368 e. The highest BCUT2D eigenvalue weighted by Crippen LogP contribution is 2.29. The molecule has 1 saturated heterocycles. The number of halogens is 1. The van der Waals surface area contributed by atoms with Crippen molar-refractivity contribution in [3.8, 4) is 11.3 Å².